The van der Waals surface area contributed by atoms with E-state index in [0.29, 0.717) is 17.0 Å². The van der Waals surface area contributed by atoms with Crippen molar-refractivity contribution in [3.63, 3.8) is 0 Å². The molecule has 2 N–H and O–H groups in total. The number of β-lactam (4-membered cyclic amide) rings is 1. The first kappa shape index (κ1) is 32.0. The van der Waals surface area contributed by atoms with Crippen LogP contribution >= 0.6 is 0 Å². The summed E-state index contributed by atoms with van der Waals surface area (Å²) in [4.78, 5) is 58.5. The number of nitrogens with zero attached hydrogens (tertiary/aromatic N) is 3. The fourth-order valence-corrected chi connectivity index (χ4v) is 5.04. The summed E-state index contributed by atoms with van der Waals surface area (Å²) in [5.41, 5.74) is 2.01. The number of hydrogen-bond donors (Lipinski definition) is 2. The van der Waals surface area contributed by atoms with E-state index in [1.54, 1.807) is 66.0 Å². The van der Waals surface area contributed by atoms with Gasteiger partial charge in [-0.3, -0.25) is 9.69 Å². The molecule has 1 aliphatic heterocycles. The number of aliphatic carboxylic acids is 1. The van der Waals surface area contributed by atoms with Gasteiger partial charge in [-0.2, -0.15) is 0 Å². The highest BCUT2D eigenvalue weighted by atomic mass is 16.6. The van der Waals surface area contributed by atoms with Crippen molar-refractivity contribution in [1.82, 2.24) is 15.2 Å². The Morgan fingerprint density at radius 3 is 2.30 bits per heavy atom. The molecule has 1 saturated heterocycles. The third-order valence-electron chi connectivity index (χ3n) is 7.17. The summed E-state index contributed by atoms with van der Waals surface area (Å²) < 4.78 is 10.9. The van der Waals surface area contributed by atoms with E-state index in [4.69, 9.17) is 9.47 Å². The molecule has 2 heterocycles. The molecule has 3 atom stereocenters. The lowest BCUT2D eigenvalue weighted by atomic mass is 9.82. The van der Waals surface area contributed by atoms with E-state index in [-0.39, 0.29) is 18.8 Å². The van der Waals surface area contributed by atoms with Crippen LogP contribution in [0.2, 0.25) is 0 Å². The molecule has 44 heavy (non-hydrogen) atoms. The first-order valence-electron chi connectivity index (χ1n) is 14.3. The van der Waals surface area contributed by atoms with Gasteiger partial charge in [-0.15, -0.1) is 0 Å². The minimum atomic E-state index is -1.34. The number of rotatable bonds is 9. The van der Waals surface area contributed by atoms with Crippen molar-refractivity contribution in [3.05, 3.63) is 89.1 Å². The van der Waals surface area contributed by atoms with E-state index in [0.717, 1.165) is 16.0 Å². The standard InChI is InChI=1S/C33H38N4O7/c1-20-16-23(17-26-28(30(39)40)37(29(26)38)31(41)35-21(2)24-10-8-7-9-11-24)18-27(34-20)36(32(42)44-33(3,4)5)19-22-12-14-25(43-6)15-13-22/h7-16,18,21,26,28H,17,19H2,1-6H3,(H,35,41)(H,39,40)/t21-,26-,28+/m1/s1. The minimum Gasteiger partial charge on any atom is -0.497 e. The normalized spacial score (nSPS) is 16.9. The number of amides is 4. The summed E-state index contributed by atoms with van der Waals surface area (Å²) in [5.74, 6) is -1.89. The number of carbonyl (C=O) groups excluding carboxylic acids is 3. The molecular formula is C33H38N4O7. The van der Waals surface area contributed by atoms with Gasteiger partial charge in [0.2, 0.25) is 5.91 Å². The summed E-state index contributed by atoms with van der Waals surface area (Å²) in [7, 11) is 1.57. The molecular weight excluding hydrogens is 564 g/mol. The van der Waals surface area contributed by atoms with Crippen molar-refractivity contribution >= 4 is 29.8 Å². The predicted octanol–water partition coefficient (Wildman–Crippen LogP) is 5.27. The zero-order valence-corrected chi connectivity index (χ0v) is 25.7. The second kappa shape index (κ2) is 13.2. The molecule has 1 aromatic heterocycles. The van der Waals surface area contributed by atoms with Crippen molar-refractivity contribution in [2.24, 2.45) is 5.92 Å². The van der Waals surface area contributed by atoms with Gasteiger partial charge >= 0.3 is 18.1 Å². The summed E-state index contributed by atoms with van der Waals surface area (Å²) >= 11 is 0. The molecule has 4 rings (SSSR count). The largest absolute Gasteiger partial charge is 0.497 e. The molecule has 0 unspecified atom stereocenters. The first-order valence-corrected chi connectivity index (χ1v) is 14.3. The third kappa shape index (κ3) is 7.52. The van der Waals surface area contributed by atoms with Crippen LogP contribution < -0.4 is 15.0 Å². The number of carboxylic acids is 1. The predicted molar refractivity (Wildman–Crippen MR) is 163 cm³/mol. The summed E-state index contributed by atoms with van der Waals surface area (Å²) in [6.45, 7) is 8.94. The van der Waals surface area contributed by atoms with Crippen LogP contribution in [0.15, 0.2) is 66.7 Å². The van der Waals surface area contributed by atoms with E-state index < -0.39 is 47.6 Å². The molecule has 0 aliphatic carbocycles. The van der Waals surface area contributed by atoms with Gasteiger partial charge in [-0.05, 0) is 82.0 Å². The lowest BCUT2D eigenvalue weighted by molar-refractivity contribution is -0.165. The Morgan fingerprint density at radius 2 is 1.70 bits per heavy atom. The van der Waals surface area contributed by atoms with E-state index in [1.807, 2.05) is 42.5 Å². The number of aryl methyl sites for hydroxylation is 1. The fraction of sp³-hybridized carbons (Fsp3) is 0.364. The monoisotopic (exact) mass is 602 g/mol. The van der Waals surface area contributed by atoms with Crippen LogP contribution in [0.3, 0.4) is 0 Å². The lowest BCUT2D eigenvalue weighted by Crippen LogP contribution is -2.68. The topological polar surface area (TPSA) is 138 Å². The maximum atomic E-state index is 13.4. The molecule has 4 amide bonds. The van der Waals surface area contributed by atoms with Crippen LogP contribution in [-0.4, -0.2) is 57.7 Å². The molecule has 0 radical (unpaired) electrons. The zero-order valence-electron chi connectivity index (χ0n) is 25.7. The number of likely N-dealkylation sites (tertiary alicyclic amines) is 1. The number of methoxy groups -OCH3 is 1. The molecule has 0 spiro atoms. The first-order chi connectivity index (χ1) is 20.8. The quantitative estimate of drug-likeness (QED) is 0.316. The Labute approximate surface area is 256 Å². The molecule has 1 fully saturated rings. The van der Waals surface area contributed by atoms with Gasteiger partial charge in [-0.25, -0.2) is 24.3 Å². The molecule has 11 heteroatoms. The van der Waals surface area contributed by atoms with Crippen molar-refractivity contribution in [2.45, 2.75) is 65.3 Å². The SMILES string of the molecule is COc1ccc(CN(C(=O)OC(C)(C)C)c2cc(C[C@H]3C(=O)N(C(=O)N[C@H](C)c4ccccc4)[C@@H]3C(=O)O)cc(C)n2)cc1. The number of carbonyl (C=O) groups is 4. The van der Waals surface area contributed by atoms with Crippen LogP contribution in [0.25, 0.3) is 0 Å². The van der Waals surface area contributed by atoms with Gasteiger partial charge in [0, 0.05) is 5.69 Å². The summed E-state index contributed by atoms with van der Waals surface area (Å²) in [5, 5.41) is 12.7. The number of hydrogen-bond acceptors (Lipinski definition) is 7. The summed E-state index contributed by atoms with van der Waals surface area (Å²) in [6, 6.07) is 17.2. The number of carboxylic acid groups (broad SMARTS) is 1. The molecule has 232 valence electrons. The smallest absolute Gasteiger partial charge is 0.416 e. The summed E-state index contributed by atoms with van der Waals surface area (Å²) in [6.07, 6.45) is -0.578. The average Bonchev–Trinajstić information content (AvgIpc) is 2.96. The number of ether oxygens (including phenoxy) is 2. The molecule has 2 aromatic carbocycles. The Balaban J connectivity index is 1.57. The van der Waals surface area contributed by atoms with Crippen molar-refractivity contribution in [1.29, 1.82) is 0 Å². The van der Waals surface area contributed by atoms with Crippen LogP contribution in [-0.2, 0) is 27.3 Å². The number of anilines is 1. The number of aromatic nitrogens is 1. The molecule has 0 bridgehead atoms. The fourth-order valence-electron chi connectivity index (χ4n) is 5.04. The van der Waals surface area contributed by atoms with E-state index in [1.165, 1.54) is 4.90 Å². The van der Waals surface area contributed by atoms with Crippen molar-refractivity contribution in [3.8, 4) is 5.75 Å². The Morgan fingerprint density at radius 1 is 1.05 bits per heavy atom. The van der Waals surface area contributed by atoms with E-state index in [2.05, 4.69) is 10.3 Å². The molecule has 0 saturated carbocycles. The van der Waals surface area contributed by atoms with Gasteiger partial charge in [0.05, 0.1) is 25.6 Å². The Hall–Kier alpha value is -4.93. The van der Waals surface area contributed by atoms with Gasteiger partial charge < -0.3 is 19.9 Å². The van der Waals surface area contributed by atoms with Crippen molar-refractivity contribution < 1.29 is 33.8 Å². The van der Waals surface area contributed by atoms with Crippen LogP contribution in [0.5, 0.6) is 5.75 Å². The Kier molecular flexibility index (Phi) is 9.56. The van der Waals surface area contributed by atoms with Gasteiger partial charge in [0.15, 0.2) is 6.04 Å². The maximum absolute atomic E-state index is 13.4. The van der Waals surface area contributed by atoms with Crippen LogP contribution in [0, 0.1) is 12.8 Å². The molecule has 3 aromatic rings. The van der Waals surface area contributed by atoms with Gasteiger partial charge in [-0.1, -0.05) is 42.5 Å². The number of urea groups is 1. The lowest BCUT2D eigenvalue weighted by Gasteiger charge is -2.43. The highest BCUT2D eigenvalue weighted by Gasteiger charge is 2.54. The second-order valence-corrected chi connectivity index (χ2v) is 11.8. The van der Waals surface area contributed by atoms with Gasteiger partial charge in [0.1, 0.15) is 17.2 Å². The van der Waals surface area contributed by atoms with Crippen LogP contribution in [0.1, 0.15) is 56.1 Å². The minimum absolute atomic E-state index is 0.0366. The number of benzene rings is 2. The molecule has 11 nitrogen and oxygen atoms in total. The van der Waals surface area contributed by atoms with Crippen LogP contribution in [0.4, 0.5) is 15.4 Å². The number of pyridine rings is 1. The highest BCUT2D eigenvalue weighted by Crippen LogP contribution is 2.32. The zero-order chi connectivity index (χ0) is 32.2. The molecule has 1 aliphatic rings. The van der Waals surface area contributed by atoms with Crippen molar-refractivity contribution in [2.75, 3.05) is 12.0 Å². The average molecular weight is 603 g/mol. The van der Waals surface area contributed by atoms with E-state index >= 15 is 0 Å². The number of imide groups is 1. The maximum Gasteiger partial charge on any atom is 0.416 e. The van der Waals surface area contributed by atoms with E-state index in [9.17, 15) is 24.3 Å². The highest BCUT2D eigenvalue weighted by molar-refractivity contribution is 6.07. The number of nitrogens with one attached hydrogen (secondary N) is 1. The Bertz CT molecular complexity index is 1520. The third-order valence-corrected chi connectivity index (χ3v) is 7.17. The van der Waals surface area contributed by atoms with Gasteiger partial charge in [0.25, 0.3) is 0 Å². The second-order valence-electron chi connectivity index (χ2n) is 11.8.